The van der Waals surface area contributed by atoms with Gasteiger partial charge in [0.15, 0.2) is 5.92 Å². The summed E-state index contributed by atoms with van der Waals surface area (Å²) in [5, 5.41) is 2.73. The lowest BCUT2D eigenvalue weighted by molar-refractivity contribution is -0.159. The smallest absolute Gasteiger partial charge is 0.341 e. The fraction of sp³-hybridized carbons (Fsp3) is 0.375. The number of carbonyl (C=O) groups excluding carboxylic acids is 4. The highest BCUT2D eigenvalue weighted by Gasteiger charge is 2.62. The first-order valence-electron chi connectivity index (χ1n) is 6.90. The van der Waals surface area contributed by atoms with E-state index in [1.165, 1.54) is 0 Å². The van der Waals surface area contributed by atoms with Crippen molar-refractivity contribution in [3.8, 4) is 0 Å². The second kappa shape index (κ2) is 5.83. The second-order valence-electron chi connectivity index (χ2n) is 5.37. The van der Waals surface area contributed by atoms with Gasteiger partial charge in [-0.2, -0.15) is 0 Å². The summed E-state index contributed by atoms with van der Waals surface area (Å²) >= 11 is 0. The van der Waals surface area contributed by atoms with E-state index in [2.05, 4.69) is 10.1 Å². The molecule has 0 spiro atoms. The van der Waals surface area contributed by atoms with E-state index in [-0.39, 0.29) is 5.56 Å². The maximum absolute atomic E-state index is 12.9. The number of hydrogen-bond acceptors (Lipinski definition) is 7. The van der Waals surface area contributed by atoms with Gasteiger partial charge in [0.25, 0.3) is 0 Å². The molecule has 1 aliphatic heterocycles. The molecule has 0 unspecified atom stereocenters. The molecule has 122 valence electrons. The Morgan fingerprint density at radius 2 is 1.83 bits per heavy atom. The van der Waals surface area contributed by atoms with Crippen LogP contribution in [-0.4, -0.2) is 43.3 Å². The van der Waals surface area contributed by atoms with Crippen molar-refractivity contribution in [2.45, 2.75) is 19.4 Å². The van der Waals surface area contributed by atoms with E-state index in [9.17, 15) is 19.2 Å². The number of ether oxygens (including phenoxy) is 2. The first-order valence-corrected chi connectivity index (χ1v) is 6.90. The van der Waals surface area contributed by atoms with Crippen molar-refractivity contribution in [1.82, 2.24) is 0 Å². The van der Waals surface area contributed by atoms with E-state index in [1.54, 1.807) is 25.1 Å². The van der Waals surface area contributed by atoms with Crippen LogP contribution >= 0.6 is 0 Å². The average Bonchev–Trinajstić information content (AvgIpc) is 2.80. The Labute approximate surface area is 132 Å². The zero-order valence-electron chi connectivity index (χ0n) is 13.3. The van der Waals surface area contributed by atoms with Crippen molar-refractivity contribution in [3.05, 3.63) is 29.3 Å². The molecule has 0 saturated carbocycles. The van der Waals surface area contributed by atoms with E-state index in [4.69, 9.17) is 4.74 Å². The van der Waals surface area contributed by atoms with Gasteiger partial charge >= 0.3 is 11.9 Å². The summed E-state index contributed by atoms with van der Waals surface area (Å²) in [6.45, 7) is 2.91. The number of aryl methyl sites for hydroxylation is 1. The fourth-order valence-electron chi connectivity index (χ4n) is 2.83. The fourth-order valence-corrected chi connectivity index (χ4v) is 2.83. The van der Waals surface area contributed by atoms with Crippen LogP contribution in [0.3, 0.4) is 0 Å². The number of anilines is 1. The van der Waals surface area contributed by atoms with Gasteiger partial charge in [-0.15, -0.1) is 0 Å². The predicted molar refractivity (Wildman–Crippen MR) is 80.1 cm³/mol. The highest BCUT2D eigenvalue weighted by atomic mass is 16.5. The first-order chi connectivity index (χ1) is 10.8. The largest absolute Gasteiger partial charge is 0.468 e. The van der Waals surface area contributed by atoms with Crippen molar-refractivity contribution in [2.24, 2.45) is 5.92 Å². The molecular weight excluding hydrogens is 302 g/mol. The molecule has 0 aliphatic carbocycles. The number of benzene rings is 1. The lowest BCUT2D eigenvalue weighted by Crippen LogP contribution is -2.60. The molecule has 1 aromatic carbocycles. The van der Waals surface area contributed by atoms with Crippen LogP contribution in [0.25, 0.3) is 0 Å². The lowest BCUT2D eigenvalue weighted by Gasteiger charge is -2.30. The molecule has 0 radical (unpaired) electrons. The molecule has 2 rings (SSSR count). The Morgan fingerprint density at radius 3 is 2.35 bits per heavy atom. The summed E-state index contributed by atoms with van der Waals surface area (Å²) in [6, 6.07) is 4.94. The van der Waals surface area contributed by atoms with Crippen LogP contribution in [0.15, 0.2) is 18.2 Å². The summed E-state index contributed by atoms with van der Waals surface area (Å²) in [5.41, 5.74) is -0.757. The summed E-state index contributed by atoms with van der Waals surface area (Å²) < 4.78 is 9.33. The van der Waals surface area contributed by atoms with Gasteiger partial charge in [-0.25, -0.2) is 4.79 Å². The molecule has 7 heteroatoms. The van der Waals surface area contributed by atoms with Crippen LogP contribution in [0.4, 0.5) is 5.69 Å². The number of Topliss-reactive ketones (excluding diaryl/α,β-unsaturated/α-hetero) is 2. The van der Waals surface area contributed by atoms with Gasteiger partial charge in [0.05, 0.1) is 14.2 Å². The quantitative estimate of drug-likeness (QED) is 0.650. The molecule has 2 atom stereocenters. The summed E-state index contributed by atoms with van der Waals surface area (Å²) in [6.07, 6.45) is 0. The molecule has 1 heterocycles. The van der Waals surface area contributed by atoms with E-state index in [1.807, 2.05) is 0 Å². The molecule has 1 N–H and O–H groups in total. The molecule has 1 aliphatic rings. The minimum atomic E-state index is -2.15. The van der Waals surface area contributed by atoms with Gasteiger partial charge in [0, 0.05) is 11.3 Å². The van der Waals surface area contributed by atoms with E-state index >= 15 is 0 Å². The number of nitrogens with one attached hydrogen (secondary N) is 1. The minimum Gasteiger partial charge on any atom is -0.468 e. The number of esters is 2. The molecule has 7 nitrogen and oxygen atoms in total. The number of carbonyl (C=O) groups is 4. The number of methoxy groups -OCH3 is 2. The van der Waals surface area contributed by atoms with Crippen molar-refractivity contribution < 1.29 is 28.7 Å². The first kappa shape index (κ1) is 16.7. The van der Waals surface area contributed by atoms with E-state index in [0.29, 0.717) is 5.69 Å². The zero-order valence-corrected chi connectivity index (χ0v) is 13.3. The Balaban J connectivity index is 2.68. The highest BCUT2D eigenvalue weighted by molar-refractivity contribution is 6.29. The molecule has 0 fully saturated rings. The maximum atomic E-state index is 12.9. The van der Waals surface area contributed by atoms with Crippen molar-refractivity contribution in [3.63, 3.8) is 0 Å². The van der Waals surface area contributed by atoms with Crippen LogP contribution in [-0.2, 0) is 23.9 Å². The molecule has 0 bridgehead atoms. The van der Waals surface area contributed by atoms with E-state index in [0.717, 1.165) is 26.7 Å². The topological polar surface area (TPSA) is 98.8 Å². The Hall–Kier alpha value is -2.70. The van der Waals surface area contributed by atoms with E-state index < -0.39 is 35.0 Å². The molecule has 1 aromatic rings. The minimum absolute atomic E-state index is 0.227. The highest BCUT2D eigenvalue weighted by Crippen LogP contribution is 2.39. The van der Waals surface area contributed by atoms with Gasteiger partial charge in [-0.1, -0.05) is 11.6 Å². The number of rotatable bonds is 4. The monoisotopic (exact) mass is 319 g/mol. The Bertz CT molecular complexity index is 711. The van der Waals surface area contributed by atoms with Crippen molar-refractivity contribution in [2.75, 3.05) is 19.5 Å². The van der Waals surface area contributed by atoms with Gasteiger partial charge in [0.2, 0.25) is 11.3 Å². The third kappa shape index (κ3) is 2.38. The van der Waals surface area contributed by atoms with Gasteiger partial charge in [0.1, 0.15) is 5.78 Å². The summed E-state index contributed by atoms with van der Waals surface area (Å²) in [7, 11) is 2.17. The SMILES string of the molecule is COC(=O)[C@H](C(C)=O)[C@]1(C(=O)OC)Nc2ccc(C)cc2C1=O. The Kier molecular flexibility index (Phi) is 4.22. The molecule has 0 saturated heterocycles. The van der Waals surface area contributed by atoms with Gasteiger partial charge in [-0.3, -0.25) is 14.4 Å². The third-order valence-corrected chi connectivity index (χ3v) is 3.89. The summed E-state index contributed by atoms with van der Waals surface area (Å²) in [4.78, 5) is 49.4. The van der Waals surface area contributed by atoms with Gasteiger partial charge in [-0.05, 0) is 26.0 Å². The number of fused-ring (bicyclic) bond motifs is 1. The van der Waals surface area contributed by atoms with Crippen LogP contribution < -0.4 is 5.32 Å². The molecular formula is C16H17NO6. The third-order valence-electron chi connectivity index (χ3n) is 3.89. The summed E-state index contributed by atoms with van der Waals surface area (Å²) in [5.74, 6) is -4.99. The second-order valence-corrected chi connectivity index (χ2v) is 5.37. The van der Waals surface area contributed by atoms with Crippen molar-refractivity contribution in [1.29, 1.82) is 0 Å². The molecule has 0 aromatic heterocycles. The zero-order chi connectivity index (χ0) is 17.4. The number of ketones is 2. The normalized spacial score (nSPS) is 20.3. The van der Waals surface area contributed by atoms with Crippen LogP contribution in [0, 0.1) is 12.8 Å². The predicted octanol–water partition coefficient (Wildman–Crippen LogP) is 0.893. The standard InChI is InChI=1S/C16H17NO6/c1-8-5-6-11-10(7-8)13(19)16(17-11,15(21)23-4)12(9(2)18)14(20)22-3/h5-7,12,17H,1-4H3/t12-,16-/m0/s1. The van der Waals surface area contributed by atoms with Crippen LogP contribution in [0.2, 0.25) is 0 Å². The maximum Gasteiger partial charge on any atom is 0.341 e. The lowest BCUT2D eigenvalue weighted by atomic mass is 9.78. The number of hydrogen-bond donors (Lipinski definition) is 1. The van der Waals surface area contributed by atoms with Crippen molar-refractivity contribution >= 4 is 29.2 Å². The van der Waals surface area contributed by atoms with Crippen LogP contribution in [0.5, 0.6) is 0 Å². The Morgan fingerprint density at radius 1 is 1.17 bits per heavy atom. The molecule has 23 heavy (non-hydrogen) atoms. The van der Waals surface area contributed by atoms with Crippen LogP contribution in [0.1, 0.15) is 22.8 Å². The average molecular weight is 319 g/mol. The van der Waals surface area contributed by atoms with Gasteiger partial charge < -0.3 is 14.8 Å². The molecule has 0 amide bonds.